The number of hydrogen-bond acceptors (Lipinski definition) is 5. The molecule has 1 fully saturated rings. The van der Waals surface area contributed by atoms with E-state index in [1.54, 1.807) is 0 Å². The molecule has 0 radical (unpaired) electrons. The van der Waals surface area contributed by atoms with Crippen LogP contribution in [0.5, 0.6) is 0 Å². The standard InChI is InChI=1S/C21H40O5/c1-2-3-4-5-6-7-8-9-10-11-12-13-14-15-25-21-19(24)17-26-20(21)18(23)16-22/h11-12,18-24H,2-10,13-17H2,1H3/b12-11+/t18-,19+,20-,21-/m1/s1. The maximum atomic E-state index is 9.85. The van der Waals surface area contributed by atoms with E-state index in [1.807, 2.05) is 0 Å². The van der Waals surface area contributed by atoms with Crippen molar-refractivity contribution in [3.63, 3.8) is 0 Å². The van der Waals surface area contributed by atoms with E-state index in [9.17, 15) is 10.2 Å². The molecule has 0 bridgehead atoms. The van der Waals surface area contributed by atoms with E-state index >= 15 is 0 Å². The minimum atomic E-state index is -1.01. The Kier molecular flexibility index (Phi) is 14.1. The molecule has 3 N–H and O–H groups in total. The molecular formula is C21H40O5. The average molecular weight is 373 g/mol. The highest BCUT2D eigenvalue weighted by atomic mass is 16.6. The van der Waals surface area contributed by atoms with Gasteiger partial charge in [0.15, 0.2) is 0 Å². The van der Waals surface area contributed by atoms with E-state index in [1.165, 1.54) is 51.4 Å². The predicted octanol–water partition coefficient (Wildman–Crippen LogP) is 3.35. The lowest BCUT2D eigenvalue weighted by Crippen LogP contribution is -2.42. The Hall–Kier alpha value is -0.460. The Morgan fingerprint density at radius 2 is 1.62 bits per heavy atom. The third kappa shape index (κ3) is 10.0. The Balaban J connectivity index is 1.95. The van der Waals surface area contributed by atoms with E-state index in [4.69, 9.17) is 14.6 Å². The second-order valence-electron chi connectivity index (χ2n) is 7.33. The summed E-state index contributed by atoms with van der Waals surface area (Å²) in [5.41, 5.74) is 0. The zero-order chi connectivity index (χ0) is 19.0. The van der Waals surface area contributed by atoms with Crippen LogP contribution < -0.4 is 0 Å². The highest BCUT2D eigenvalue weighted by Gasteiger charge is 2.40. The molecule has 1 aliphatic heterocycles. The molecule has 1 saturated heterocycles. The number of aliphatic hydroxyl groups is 3. The summed E-state index contributed by atoms with van der Waals surface area (Å²) in [5.74, 6) is 0. The van der Waals surface area contributed by atoms with Gasteiger partial charge >= 0.3 is 0 Å². The molecular weight excluding hydrogens is 332 g/mol. The number of rotatable bonds is 16. The van der Waals surface area contributed by atoms with Gasteiger partial charge in [0.05, 0.1) is 13.2 Å². The van der Waals surface area contributed by atoms with Gasteiger partial charge in [-0.15, -0.1) is 0 Å². The molecule has 154 valence electrons. The quantitative estimate of drug-likeness (QED) is 0.286. The van der Waals surface area contributed by atoms with Gasteiger partial charge in [-0.2, -0.15) is 0 Å². The van der Waals surface area contributed by atoms with Crippen molar-refractivity contribution in [1.82, 2.24) is 0 Å². The van der Waals surface area contributed by atoms with Crippen molar-refractivity contribution < 1.29 is 24.8 Å². The van der Waals surface area contributed by atoms with Gasteiger partial charge < -0.3 is 24.8 Å². The van der Waals surface area contributed by atoms with Gasteiger partial charge in [-0.25, -0.2) is 0 Å². The van der Waals surface area contributed by atoms with Crippen LogP contribution in [0.15, 0.2) is 12.2 Å². The van der Waals surface area contributed by atoms with Gasteiger partial charge in [0.1, 0.15) is 24.4 Å². The van der Waals surface area contributed by atoms with Gasteiger partial charge in [-0.3, -0.25) is 0 Å². The second-order valence-corrected chi connectivity index (χ2v) is 7.33. The van der Waals surface area contributed by atoms with Crippen molar-refractivity contribution in [2.24, 2.45) is 0 Å². The fourth-order valence-electron chi connectivity index (χ4n) is 3.31. The molecule has 1 heterocycles. The molecule has 5 nitrogen and oxygen atoms in total. The summed E-state index contributed by atoms with van der Waals surface area (Å²) in [5, 5.41) is 28.6. The van der Waals surface area contributed by atoms with Crippen LogP contribution in [0.25, 0.3) is 0 Å². The van der Waals surface area contributed by atoms with Crippen molar-refractivity contribution in [3.05, 3.63) is 12.2 Å². The van der Waals surface area contributed by atoms with E-state index in [-0.39, 0.29) is 6.61 Å². The lowest BCUT2D eigenvalue weighted by Gasteiger charge is -2.23. The molecule has 0 aromatic carbocycles. The van der Waals surface area contributed by atoms with Crippen LogP contribution in [-0.4, -0.2) is 59.6 Å². The summed E-state index contributed by atoms with van der Waals surface area (Å²) >= 11 is 0. The summed E-state index contributed by atoms with van der Waals surface area (Å²) < 4.78 is 11.0. The smallest absolute Gasteiger partial charge is 0.114 e. The van der Waals surface area contributed by atoms with Crippen LogP contribution in [0.3, 0.4) is 0 Å². The molecule has 0 aromatic heterocycles. The molecule has 5 heteroatoms. The third-order valence-electron chi connectivity index (χ3n) is 4.95. The summed E-state index contributed by atoms with van der Waals surface area (Å²) in [6.07, 6.45) is 15.3. The van der Waals surface area contributed by atoms with E-state index in [2.05, 4.69) is 19.1 Å². The first-order valence-electron chi connectivity index (χ1n) is 10.6. The lowest BCUT2D eigenvalue weighted by molar-refractivity contribution is -0.0935. The van der Waals surface area contributed by atoms with Gasteiger partial charge in [-0.1, -0.05) is 64.0 Å². The number of hydrogen-bond donors (Lipinski definition) is 3. The number of ether oxygens (including phenoxy) is 2. The lowest BCUT2D eigenvalue weighted by atomic mass is 10.1. The number of aliphatic hydroxyl groups excluding tert-OH is 3. The van der Waals surface area contributed by atoms with Gasteiger partial charge in [0.2, 0.25) is 0 Å². The Labute approximate surface area is 159 Å². The summed E-state index contributed by atoms with van der Waals surface area (Å²) in [7, 11) is 0. The monoisotopic (exact) mass is 372 g/mol. The van der Waals surface area contributed by atoms with Crippen molar-refractivity contribution in [1.29, 1.82) is 0 Å². The third-order valence-corrected chi connectivity index (χ3v) is 4.95. The van der Waals surface area contributed by atoms with Gasteiger partial charge in [-0.05, 0) is 25.7 Å². The van der Waals surface area contributed by atoms with E-state index in [0.29, 0.717) is 6.61 Å². The molecule has 0 amide bonds. The van der Waals surface area contributed by atoms with Crippen LogP contribution >= 0.6 is 0 Å². The minimum absolute atomic E-state index is 0.144. The highest BCUT2D eigenvalue weighted by molar-refractivity contribution is 4.89. The Morgan fingerprint density at radius 1 is 1.00 bits per heavy atom. The van der Waals surface area contributed by atoms with Crippen molar-refractivity contribution in [2.45, 2.75) is 102 Å². The van der Waals surface area contributed by atoms with E-state index < -0.39 is 31.0 Å². The zero-order valence-electron chi connectivity index (χ0n) is 16.5. The first kappa shape index (κ1) is 23.6. The maximum absolute atomic E-state index is 9.85. The first-order chi connectivity index (χ1) is 12.7. The normalized spacial score (nSPS) is 24.5. The molecule has 1 aliphatic rings. The minimum Gasteiger partial charge on any atom is -0.394 e. The van der Waals surface area contributed by atoms with Crippen LogP contribution in [0, 0.1) is 0 Å². The maximum Gasteiger partial charge on any atom is 0.114 e. The molecule has 0 spiro atoms. The van der Waals surface area contributed by atoms with Crippen LogP contribution in [0.1, 0.15) is 77.6 Å². The molecule has 0 aliphatic carbocycles. The summed E-state index contributed by atoms with van der Waals surface area (Å²) in [6.45, 7) is 2.52. The van der Waals surface area contributed by atoms with Crippen LogP contribution in [0.4, 0.5) is 0 Å². The fourth-order valence-corrected chi connectivity index (χ4v) is 3.31. The number of unbranched alkanes of at least 4 members (excludes halogenated alkanes) is 9. The Morgan fingerprint density at radius 3 is 2.27 bits per heavy atom. The summed E-state index contributed by atoms with van der Waals surface area (Å²) in [4.78, 5) is 0. The zero-order valence-corrected chi connectivity index (χ0v) is 16.5. The molecule has 26 heavy (non-hydrogen) atoms. The van der Waals surface area contributed by atoms with Gasteiger partial charge in [0.25, 0.3) is 0 Å². The molecule has 0 saturated carbocycles. The second kappa shape index (κ2) is 15.6. The Bertz CT molecular complexity index is 347. The van der Waals surface area contributed by atoms with Crippen LogP contribution in [-0.2, 0) is 9.47 Å². The number of allylic oxidation sites excluding steroid dienone is 2. The molecule has 4 atom stereocenters. The highest BCUT2D eigenvalue weighted by Crippen LogP contribution is 2.21. The topological polar surface area (TPSA) is 79.2 Å². The predicted molar refractivity (Wildman–Crippen MR) is 104 cm³/mol. The van der Waals surface area contributed by atoms with Gasteiger partial charge in [0, 0.05) is 6.61 Å². The SMILES string of the molecule is CCCCCCCCCC/C=C/CCCO[C@H]1[C@@H]([C@H](O)CO)OC[C@@H]1O. The van der Waals surface area contributed by atoms with Crippen molar-refractivity contribution >= 4 is 0 Å². The van der Waals surface area contributed by atoms with Crippen molar-refractivity contribution in [3.8, 4) is 0 Å². The van der Waals surface area contributed by atoms with Crippen molar-refractivity contribution in [2.75, 3.05) is 19.8 Å². The largest absolute Gasteiger partial charge is 0.394 e. The molecule has 1 rings (SSSR count). The van der Waals surface area contributed by atoms with E-state index in [0.717, 1.165) is 19.3 Å². The molecule has 0 aromatic rings. The van der Waals surface area contributed by atoms with Crippen LogP contribution in [0.2, 0.25) is 0 Å². The fraction of sp³-hybridized carbons (Fsp3) is 0.905. The first-order valence-corrected chi connectivity index (χ1v) is 10.6. The molecule has 0 unspecified atom stereocenters. The summed E-state index contributed by atoms with van der Waals surface area (Å²) in [6, 6.07) is 0. The average Bonchev–Trinajstić information content (AvgIpc) is 3.02.